The summed E-state index contributed by atoms with van der Waals surface area (Å²) in [5, 5.41) is 12.4. The largest absolute Gasteiger partial charge is 0.370 e. The number of carbonyl (C=O) groups excluding carboxylic acids is 1. The molecule has 1 aliphatic rings. The fourth-order valence-electron chi connectivity index (χ4n) is 2.18. The van der Waals surface area contributed by atoms with Gasteiger partial charge in [0.15, 0.2) is 5.65 Å². The van der Waals surface area contributed by atoms with Crippen molar-refractivity contribution in [2.75, 3.05) is 11.9 Å². The third-order valence-electron chi connectivity index (χ3n) is 3.40. The number of nitrogens with zero attached hydrogens (tertiary/aromatic N) is 3. The fourth-order valence-corrected chi connectivity index (χ4v) is 2.18. The van der Waals surface area contributed by atoms with E-state index in [1.54, 1.807) is 13.0 Å². The maximum atomic E-state index is 11.5. The van der Waals surface area contributed by atoms with Gasteiger partial charge >= 0.3 is 5.69 Å². The number of aromatic nitrogens is 4. The second-order valence-corrected chi connectivity index (χ2v) is 5.28. The number of carbonyl (C=O) groups is 1. The molecule has 2 aromatic heterocycles. The molecule has 0 saturated heterocycles. The zero-order chi connectivity index (χ0) is 14.8. The highest BCUT2D eigenvalue weighted by molar-refractivity contribution is 5.76. The summed E-state index contributed by atoms with van der Waals surface area (Å²) >= 11 is 0. The summed E-state index contributed by atoms with van der Waals surface area (Å²) in [5.41, 5.74) is 0.236. The van der Waals surface area contributed by atoms with Crippen LogP contribution < -0.4 is 16.3 Å². The molecule has 3 N–H and O–H groups in total. The first-order chi connectivity index (χ1) is 10.1. The Morgan fingerprint density at radius 2 is 2.33 bits per heavy atom. The third kappa shape index (κ3) is 3.21. The topological polar surface area (TPSA) is 104 Å². The summed E-state index contributed by atoms with van der Waals surface area (Å²) in [6.45, 7) is 2.40. The molecule has 8 nitrogen and oxygen atoms in total. The summed E-state index contributed by atoms with van der Waals surface area (Å²) in [6, 6.07) is 2.12. The highest BCUT2D eigenvalue weighted by atomic mass is 16.2. The molecule has 112 valence electrons. The van der Waals surface area contributed by atoms with Gasteiger partial charge in [-0.3, -0.25) is 4.79 Å². The van der Waals surface area contributed by atoms with E-state index in [-0.39, 0.29) is 11.6 Å². The molecule has 0 atom stereocenters. The van der Waals surface area contributed by atoms with Crippen LogP contribution in [-0.2, 0) is 4.79 Å². The molecule has 21 heavy (non-hydrogen) atoms. The maximum absolute atomic E-state index is 11.5. The molecule has 3 rings (SSSR count). The smallest absolute Gasteiger partial charge is 0.349 e. The minimum atomic E-state index is -0.293. The van der Waals surface area contributed by atoms with Crippen LogP contribution in [-0.4, -0.2) is 38.1 Å². The lowest BCUT2D eigenvalue weighted by Crippen LogP contribution is -2.25. The molecule has 0 spiro atoms. The van der Waals surface area contributed by atoms with E-state index in [1.165, 1.54) is 4.40 Å². The van der Waals surface area contributed by atoms with E-state index < -0.39 is 0 Å². The molecule has 0 bridgehead atoms. The summed E-state index contributed by atoms with van der Waals surface area (Å²) in [7, 11) is 0. The van der Waals surface area contributed by atoms with Gasteiger partial charge in [-0.05, 0) is 26.2 Å². The van der Waals surface area contributed by atoms with Gasteiger partial charge in [-0.2, -0.15) is 5.10 Å². The lowest BCUT2D eigenvalue weighted by Gasteiger charge is -2.07. The van der Waals surface area contributed by atoms with E-state index in [9.17, 15) is 9.59 Å². The number of fused-ring (bicyclic) bond motifs is 1. The van der Waals surface area contributed by atoms with Crippen molar-refractivity contribution in [3.8, 4) is 0 Å². The van der Waals surface area contributed by atoms with Crippen LogP contribution in [0.3, 0.4) is 0 Å². The monoisotopic (exact) mass is 290 g/mol. The Hall–Kier alpha value is -2.38. The molecule has 8 heteroatoms. The zero-order valence-corrected chi connectivity index (χ0v) is 11.8. The number of H-pyrrole nitrogens is 1. The van der Waals surface area contributed by atoms with Crippen LogP contribution in [0.15, 0.2) is 10.9 Å². The number of aromatic amines is 1. The van der Waals surface area contributed by atoms with Crippen molar-refractivity contribution < 1.29 is 4.79 Å². The van der Waals surface area contributed by atoms with Gasteiger partial charge in [-0.15, -0.1) is 0 Å². The highest BCUT2D eigenvalue weighted by Gasteiger charge is 2.22. The van der Waals surface area contributed by atoms with Crippen molar-refractivity contribution in [1.82, 2.24) is 24.9 Å². The van der Waals surface area contributed by atoms with Gasteiger partial charge in [0.05, 0.1) is 0 Å². The van der Waals surface area contributed by atoms with Gasteiger partial charge < -0.3 is 10.6 Å². The van der Waals surface area contributed by atoms with E-state index in [0.29, 0.717) is 36.3 Å². The Balaban J connectivity index is 1.53. The average Bonchev–Trinajstić information content (AvgIpc) is 3.17. The van der Waals surface area contributed by atoms with Crippen LogP contribution in [0, 0.1) is 6.92 Å². The zero-order valence-electron chi connectivity index (χ0n) is 11.8. The van der Waals surface area contributed by atoms with Crippen molar-refractivity contribution in [2.24, 2.45) is 0 Å². The number of rotatable bonds is 6. The molecule has 1 aliphatic carbocycles. The molecule has 0 unspecified atom stereocenters. The normalized spacial score (nSPS) is 14.3. The predicted molar refractivity (Wildman–Crippen MR) is 77.2 cm³/mol. The maximum Gasteiger partial charge on any atom is 0.349 e. The summed E-state index contributed by atoms with van der Waals surface area (Å²) < 4.78 is 1.41. The van der Waals surface area contributed by atoms with Crippen LogP contribution >= 0.6 is 0 Å². The van der Waals surface area contributed by atoms with Gasteiger partial charge in [-0.25, -0.2) is 19.3 Å². The van der Waals surface area contributed by atoms with Crippen molar-refractivity contribution >= 4 is 17.4 Å². The van der Waals surface area contributed by atoms with E-state index in [1.807, 2.05) is 0 Å². The Labute approximate surface area is 121 Å². The molecular formula is C13H18N6O2. The SMILES string of the molecule is Cc1nc(NCCCC(=O)NC2CC2)cc2n[nH]c(=O)n12. The third-order valence-corrected chi connectivity index (χ3v) is 3.40. The lowest BCUT2D eigenvalue weighted by molar-refractivity contribution is -0.121. The molecule has 0 aromatic carbocycles. The molecule has 0 aliphatic heterocycles. The van der Waals surface area contributed by atoms with Crippen LogP contribution in [0.25, 0.3) is 5.65 Å². The standard InChI is InChI=1S/C13H18N6O2/c1-8-15-10(7-11-17-18-13(21)19(8)11)14-6-2-3-12(20)16-9-4-5-9/h7,9,14H,2-6H2,1H3,(H,16,20)(H,18,21). The van der Waals surface area contributed by atoms with Crippen molar-refractivity contribution in [3.05, 3.63) is 22.4 Å². The first kappa shape index (κ1) is 13.6. The van der Waals surface area contributed by atoms with Gasteiger partial charge in [0.25, 0.3) is 0 Å². The van der Waals surface area contributed by atoms with Gasteiger partial charge in [0.1, 0.15) is 11.6 Å². The van der Waals surface area contributed by atoms with Gasteiger partial charge in [0, 0.05) is 25.1 Å². The van der Waals surface area contributed by atoms with Crippen LogP contribution in [0.4, 0.5) is 5.82 Å². The molecule has 2 aromatic rings. The molecule has 1 fully saturated rings. The Morgan fingerprint density at radius 3 is 3.10 bits per heavy atom. The Morgan fingerprint density at radius 1 is 1.52 bits per heavy atom. The second-order valence-electron chi connectivity index (χ2n) is 5.28. The number of amides is 1. The number of aryl methyl sites for hydroxylation is 1. The molecule has 0 radical (unpaired) electrons. The van der Waals surface area contributed by atoms with E-state index in [4.69, 9.17) is 0 Å². The molecular weight excluding hydrogens is 272 g/mol. The van der Waals surface area contributed by atoms with E-state index in [0.717, 1.165) is 19.3 Å². The van der Waals surface area contributed by atoms with E-state index in [2.05, 4.69) is 25.8 Å². The van der Waals surface area contributed by atoms with Crippen molar-refractivity contribution in [2.45, 2.75) is 38.6 Å². The quantitative estimate of drug-likeness (QED) is 0.659. The highest BCUT2D eigenvalue weighted by Crippen LogP contribution is 2.18. The Bertz CT molecular complexity index is 715. The first-order valence-electron chi connectivity index (χ1n) is 7.11. The van der Waals surface area contributed by atoms with E-state index >= 15 is 0 Å². The minimum Gasteiger partial charge on any atom is -0.370 e. The van der Waals surface area contributed by atoms with Crippen LogP contribution in [0.1, 0.15) is 31.5 Å². The number of hydrogen-bond donors (Lipinski definition) is 3. The predicted octanol–water partition coefficient (Wildman–Crippen LogP) is 0.197. The van der Waals surface area contributed by atoms with Gasteiger partial charge in [-0.1, -0.05) is 0 Å². The van der Waals surface area contributed by atoms with Crippen LogP contribution in [0.5, 0.6) is 0 Å². The molecule has 1 amide bonds. The summed E-state index contributed by atoms with van der Waals surface area (Å²) in [5.74, 6) is 1.33. The number of hydrogen-bond acceptors (Lipinski definition) is 5. The van der Waals surface area contributed by atoms with Crippen LogP contribution in [0.2, 0.25) is 0 Å². The summed E-state index contributed by atoms with van der Waals surface area (Å²) in [6.07, 6.45) is 3.46. The second kappa shape index (κ2) is 5.55. The lowest BCUT2D eigenvalue weighted by atomic mass is 10.3. The number of nitrogens with one attached hydrogen (secondary N) is 3. The average molecular weight is 290 g/mol. The Kier molecular flexibility index (Phi) is 3.59. The molecule has 2 heterocycles. The van der Waals surface area contributed by atoms with Crippen molar-refractivity contribution in [1.29, 1.82) is 0 Å². The molecule has 1 saturated carbocycles. The minimum absolute atomic E-state index is 0.109. The summed E-state index contributed by atoms with van der Waals surface area (Å²) in [4.78, 5) is 27.3. The number of anilines is 1. The first-order valence-corrected chi connectivity index (χ1v) is 7.11. The van der Waals surface area contributed by atoms with Crippen molar-refractivity contribution in [3.63, 3.8) is 0 Å². The van der Waals surface area contributed by atoms with Gasteiger partial charge in [0.2, 0.25) is 5.91 Å². The fraction of sp³-hybridized carbons (Fsp3) is 0.538.